The van der Waals surface area contributed by atoms with Gasteiger partial charge < -0.3 is 14.9 Å². The molecule has 98 valence electrons. The Balaban J connectivity index is 2.82. The molecule has 17 heavy (non-hydrogen) atoms. The van der Waals surface area contributed by atoms with Gasteiger partial charge in [-0.25, -0.2) is 9.59 Å². The smallest absolute Gasteiger partial charge is 0.411 e. The van der Waals surface area contributed by atoms with Crippen LogP contribution in [0.5, 0.6) is 0 Å². The quantitative estimate of drug-likeness (QED) is 0.709. The molecule has 2 N–H and O–H groups in total. The number of aliphatic hydroxyl groups is 1. The van der Waals surface area contributed by atoms with Gasteiger partial charge in [-0.05, 0) is 20.8 Å². The van der Waals surface area contributed by atoms with Crippen molar-refractivity contribution in [2.75, 3.05) is 6.54 Å². The second-order valence-corrected chi connectivity index (χ2v) is 5.34. The molecule has 0 saturated carbocycles. The monoisotopic (exact) mass is 245 g/mol. The highest BCUT2D eigenvalue weighted by molar-refractivity contribution is 5.81. The predicted octanol–water partition coefficient (Wildman–Crippen LogP) is 0.687. The average Bonchev–Trinajstić information content (AvgIpc) is 2.40. The zero-order valence-corrected chi connectivity index (χ0v) is 10.5. The number of hydrogen-bond acceptors (Lipinski definition) is 4. The van der Waals surface area contributed by atoms with E-state index in [4.69, 9.17) is 9.84 Å². The van der Waals surface area contributed by atoms with Gasteiger partial charge in [-0.3, -0.25) is 4.90 Å². The summed E-state index contributed by atoms with van der Waals surface area (Å²) >= 11 is 0. The summed E-state index contributed by atoms with van der Waals surface area (Å²) in [5, 5.41) is 18.7. The van der Waals surface area contributed by atoms with E-state index in [0.717, 1.165) is 4.90 Å². The topological polar surface area (TPSA) is 87.1 Å². The molecule has 6 heteroatoms. The summed E-state index contributed by atoms with van der Waals surface area (Å²) in [4.78, 5) is 23.9. The number of ether oxygens (including phenoxy) is 1. The Bertz CT molecular complexity index is 322. The molecule has 1 heterocycles. The Morgan fingerprint density at radius 1 is 1.35 bits per heavy atom. The maximum absolute atomic E-state index is 11.8. The van der Waals surface area contributed by atoms with Crippen molar-refractivity contribution < 1.29 is 24.5 Å². The molecule has 0 aromatic rings. The van der Waals surface area contributed by atoms with E-state index in [0.29, 0.717) is 0 Å². The normalized spacial score (nSPS) is 29.2. The highest BCUT2D eigenvalue weighted by Crippen LogP contribution is 2.26. The van der Waals surface area contributed by atoms with Crippen molar-refractivity contribution in [1.29, 1.82) is 0 Å². The molecule has 0 aromatic heterocycles. The van der Waals surface area contributed by atoms with E-state index in [1.807, 2.05) is 0 Å². The Morgan fingerprint density at radius 2 is 1.88 bits per heavy atom. The van der Waals surface area contributed by atoms with Crippen LogP contribution in [-0.4, -0.2) is 51.5 Å². The first kappa shape index (κ1) is 13.8. The van der Waals surface area contributed by atoms with E-state index in [2.05, 4.69) is 0 Å². The van der Waals surface area contributed by atoms with Gasteiger partial charge in [0.1, 0.15) is 11.6 Å². The van der Waals surface area contributed by atoms with Gasteiger partial charge >= 0.3 is 12.1 Å². The largest absolute Gasteiger partial charge is 0.480 e. The minimum absolute atomic E-state index is 0.00690. The lowest BCUT2D eigenvalue weighted by molar-refractivity contribution is -0.143. The number of β-amino-alcohol motifs (C(OH)–C–C–N with tert-alkyl or cyclic N) is 1. The summed E-state index contributed by atoms with van der Waals surface area (Å²) in [7, 11) is 0. The minimum atomic E-state index is -1.13. The number of rotatable bonds is 1. The van der Waals surface area contributed by atoms with Gasteiger partial charge in [-0.1, -0.05) is 6.92 Å². The molecule has 0 radical (unpaired) electrons. The van der Waals surface area contributed by atoms with E-state index in [1.165, 1.54) is 0 Å². The molecule has 1 aliphatic rings. The molecule has 2 unspecified atom stereocenters. The zero-order valence-electron chi connectivity index (χ0n) is 10.5. The number of likely N-dealkylation sites (tertiary alicyclic amines) is 1. The van der Waals surface area contributed by atoms with Gasteiger partial charge in [0.25, 0.3) is 0 Å². The number of carbonyl (C=O) groups is 2. The van der Waals surface area contributed by atoms with Crippen LogP contribution in [0.25, 0.3) is 0 Å². The molecule has 1 amide bonds. The van der Waals surface area contributed by atoms with Crippen molar-refractivity contribution in [2.45, 2.75) is 45.4 Å². The van der Waals surface area contributed by atoms with Gasteiger partial charge in [0.2, 0.25) is 0 Å². The average molecular weight is 245 g/mol. The van der Waals surface area contributed by atoms with E-state index < -0.39 is 35.7 Å². The number of aliphatic carboxylic acids is 1. The zero-order chi connectivity index (χ0) is 13.4. The molecule has 1 saturated heterocycles. The maximum atomic E-state index is 11.8. The molecule has 6 nitrogen and oxygen atoms in total. The fourth-order valence-electron chi connectivity index (χ4n) is 1.84. The second-order valence-electron chi connectivity index (χ2n) is 5.34. The predicted molar refractivity (Wildman–Crippen MR) is 59.5 cm³/mol. The number of amides is 1. The summed E-state index contributed by atoms with van der Waals surface area (Å²) < 4.78 is 5.11. The fraction of sp³-hybridized carbons (Fsp3) is 0.818. The van der Waals surface area contributed by atoms with Crippen LogP contribution >= 0.6 is 0 Å². The van der Waals surface area contributed by atoms with Gasteiger partial charge in [0, 0.05) is 5.92 Å². The highest BCUT2D eigenvalue weighted by atomic mass is 16.6. The van der Waals surface area contributed by atoms with Crippen LogP contribution in [0.1, 0.15) is 27.7 Å². The van der Waals surface area contributed by atoms with E-state index in [1.54, 1.807) is 27.7 Å². The van der Waals surface area contributed by atoms with Crippen molar-refractivity contribution in [2.24, 2.45) is 5.92 Å². The third-order valence-corrected chi connectivity index (χ3v) is 2.71. The van der Waals surface area contributed by atoms with E-state index in [9.17, 15) is 14.7 Å². The Hall–Kier alpha value is -1.30. The maximum Gasteiger partial charge on any atom is 0.411 e. The van der Waals surface area contributed by atoms with Crippen molar-refractivity contribution in [3.05, 3.63) is 0 Å². The van der Waals surface area contributed by atoms with Crippen LogP contribution in [0.2, 0.25) is 0 Å². The lowest BCUT2D eigenvalue weighted by atomic mass is 10.0. The Morgan fingerprint density at radius 3 is 2.29 bits per heavy atom. The number of carbonyl (C=O) groups excluding carboxylic acids is 1. The van der Waals surface area contributed by atoms with E-state index in [-0.39, 0.29) is 6.54 Å². The van der Waals surface area contributed by atoms with Crippen LogP contribution in [0.4, 0.5) is 4.79 Å². The lowest BCUT2D eigenvalue weighted by Gasteiger charge is -2.27. The third-order valence-electron chi connectivity index (χ3n) is 2.71. The molecule has 1 aliphatic heterocycles. The molecular formula is C11H19NO5. The summed E-state index contributed by atoms with van der Waals surface area (Å²) in [5.41, 5.74) is -0.684. The van der Waals surface area contributed by atoms with Crippen LogP contribution in [0.3, 0.4) is 0 Å². The second kappa shape index (κ2) is 4.52. The van der Waals surface area contributed by atoms with Crippen LogP contribution in [0, 0.1) is 5.92 Å². The van der Waals surface area contributed by atoms with Gasteiger partial charge in [0.05, 0.1) is 12.6 Å². The standard InChI is InChI=1S/C11H19NO5/c1-6-7(13)5-12(8(6)9(14)15)10(16)17-11(2,3)4/h6-8,13H,5H2,1-4H3,(H,14,15)/t6?,7?,8-/m0/s1. The van der Waals surface area contributed by atoms with Crippen LogP contribution < -0.4 is 0 Å². The van der Waals surface area contributed by atoms with Crippen molar-refractivity contribution in [3.8, 4) is 0 Å². The number of carboxylic acid groups (broad SMARTS) is 1. The SMILES string of the molecule is CC1C(O)CN(C(=O)OC(C)(C)C)[C@@H]1C(=O)O. The molecule has 0 aromatic carbocycles. The number of hydrogen-bond donors (Lipinski definition) is 2. The van der Waals surface area contributed by atoms with Crippen LogP contribution in [0.15, 0.2) is 0 Å². The summed E-state index contributed by atoms with van der Waals surface area (Å²) in [6.45, 7) is 6.71. The minimum Gasteiger partial charge on any atom is -0.480 e. The van der Waals surface area contributed by atoms with E-state index >= 15 is 0 Å². The molecule has 1 rings (SSSR count). The summed E-state index contributed by atoms with van der Waals surface area (Å²) in [6, 6.07) is -1.03. The molecule has 1 fully saturated rings. The first-order chi connectivity index (χ1) is 7.63. The first-order valence-electron chi connectivity index (χ1n) is 5.54. The molecule has 0 spiro atoms. The molecular weight excluding hydrogens is 226 g/mol. The third kappa shape index (κ3) is 3.09. The molecule has 3 atom stereocenters. The van der Waals surface area contributed by atoms with Gasteiger partial charge in [-0.15, -0.1) is 0 Å². The Labute approximate surface area is 100 Å². The number of aliphatic hydroxyl groups excluding tert-OH is 1. The van der Waals surface area contributed by atoms with Crippen molar-refractivity contribution >= 4 is 12.1 Å². The van der Waals surface area contributed by atoms with Crippen LogP contribution in [-0.2, 0) is 9.53 Å². The van der Waals surface area contributed by atoms with Crippen molar-refractivity contribution in [3.63, 3.8) is 0 Å². The lowest BCUT2D eigenvalue weighted by Crippen LogP contribution is -2.45. The molecule has 0 aliphatic carbocycles. The fourth-order valence-corrected chi connectivity index (χ4v) is 1.84. The highest BCUT2D eigenvalue weighted by Gasteiger charge is 2.46. The first-order valence-corrected chi connectivity index (χ1v) is 5.54. The van der Waals surface area contributed by atoms with Gasteiger partial charge in [0.15, 0.2) is 0 Å². The number of nitrogens with zero attached hydrogens (tertiary/aromatic N) is 1. The number of carboxylic acids is 1. The summed E-state index contributed by atoms with van der Waals surface area (Å²) in [6.07, 6.45) is -1.53. The Kier molecular flexibility index (Phi) is 3.66. The molecule has 0 bridgehead atoms. The van der Waals surface area contributed by atoms with Gasteiger partial charge in [-0.2, -0.15) is 0 Å². The summed E-state index contributed by atoms with van der Waals surface area (Å²) in [5.74, 6) is -1.63. The van der Waals surface area contributed by atoms with Crippen molar-refractivity contribution in [1.82, 2.24) is 4.90 Å².